The fraction of sp³-hybridized carbons (Fsp3) is 0.500. The first-order valence-electron chi connectivity index (χ1n) is 5.55. The average Bonchev–Trinajstić information content (AvgIpc) is 2.23. The van der Waals surface area contributed by atoms with E-state index in [1.165, 1.54) is 11.1 Å². The van der Waals surface area contributed by atoms with Crippen molar-refractivity contribution in [1.82, 2.24) is 0 Å². The summed E-state index contributed by atoms with van der Waals surface area (Å²) in [6, 6.07) is 6.24. The third-order valence-electron chi connectivity index (χ3n) is 2.30. The zero-order chi connectivity index (χ0) is 12.7. The summed E-state index contributed by atoms with van der Waals surface area (Å²) in [7, 11) is -0.874. The normalized spacial score (nSPS) is 11.9. The monoisotopic (exact) mass is 251 g/mol. The molecule has 92 valence electrons. The summed E-state index contributed by atoms with van der Waals surface area (Å²) in [6.07, 6.45) is 0.682. The highest BCUT2D eigenvalue weighted by Crippen LogP contribution is 2.11. The van der Waals surface area contributed by atoms with Crippen molar-refractivity contribution < 1.29 is 4.21 Å². The number of aryl methyl sites for hydroxylation is 2. The second-order valence-electron chi connectivity index (χ2n) is 4.09. The van der Waals surface area contributed by atoms with Gasteiger partial charge in [0.25, 0.3) is 0 Å². The maximum absolute atomic E-state index is 11.8. The van der Waals surface area contributed by atoms with Crippen molar-refractivity contribution in [3.05, 3.63) is 45.3 Å². The van der Waals surface area contributed by atoms with Gasteiger partial charge in [-0.15, -0.1) is 0 Å². The van der Waals surface area contributed by atoms with Crippen LogP contribution in [0.2, 0.25) is 0 Å². The number of nitrogens with zero attached hydrogens (tertiary/aromatic N) is 3. The van der Waals surface area contributed by atoms with E-state index in [-0.39, 0.29) is 0 Å². The Labute approximate surface area is 104 Å². The van der Waals surface area contributed by atoms with Crippen molar-refractivity contribution in [2.24, 2.45) is 5.11 Å². The first-order valence-corrected chi connectivity index (χ1v) is 7.03. The fourth-order valence-electron chi connectivity index (χ4n) is 1.75. The molecule has 1 aromatic rings. The van der Waals surface area contributed by atoms with Crippen LogP contribution in [0.5, 0.6) is 0 Å². The van der Waals surface area contributed by atoms with Gasteiger partial charge in [-0.1, -0.05) is 34.4 Å². The van der Waals surface area contributed by atoms with E-state index in [0.29, 0.717) is 24.5 Å². The molecule has 1 rings (SSSR count). The number of hydrogen-bond donors (Lipinski definition) is 0. The second kappa shape index (κ2) is 7.09. The third kappa shape index (κ3) is 5.52. The van der Waals surface area contributed by atoms with E-state index >= 15 is 0 Å². The van der Waals surface area contributed by atoms with Crippen LogP contribution < -0.4 is 0 Å². The first kappa shape index (κ1) is 13.7. The number of benzene rings is 1. The molecule has 0 saturated carbocycles. The molecule has 0 aliphatic rings. The second-order valence-corrected chi connectivity index (χ2v) is 5.67. The molecule has 1 atom stereocenters. The summed E-state index contributed by atoms with van der Waals surface area (Å²) in [5.41, 5.74) is 11.6. The Balaban J connectivity index is 2.47. The molecule has 0 fully saturated rings. The van der Waals surface area contributed by atoms with E-state index < -0.39 is 10.8 Å². The van der Waals surface area contributed by atoms with E-state index in [0.717, 1.165) is 5.56 Å². The quantitative estimate of drug-likeness (QED) is 0.331. The van der Waals surface area contributed by atoms with Gasteiger partial charge in [0.1, 0.15) is 0 Å². The smallest absolute Gasteiger partial charge is 0.0485 e. The minimum absolute atomic E-state index is 0.426. The van der Waals surface area contributed by atoms with Crippen LogP contribution in [0.15, 0.2) is 23.3 Å². The van der Waals surface area contributed by atoms with Crippen LogP contribution in [-0.2, 0) is 16.6 Å². The average molecular weight is 251 g/mol. The molecule has 0 saturated heterocycles. The van der Waals surface area contributed by atoms with Crippen molar-refractivity contribution in [2.75, 3.05) is 12.3 Å². The molecule has 0 aliphatic heterocycles. The Morgan fingerprint density at radius 1 is 1.29 bits per heavy atom. The molecule has 0 radical (unpaired) electrons. The minimum atomic E-state index is -0.874. The van der Waals surface area contributed by atoms with Crippen molar-refractivity contribution >= 4 is 10.8 Å². The molecule has 0 spiro atoms. The van der Waals surface area contributed by atoms with Crippen LogP contribution in [0.3, 0.4) is 0 Å². The van der Waals surface area contributed by atoms with Gasteiger partial charge in [-0.05, 0) is 31.4 Å². The summed E-state index contributed by atoms with van der Waals surface area (Å²) in [5, 5.41) is 3.43. The van der Waals surface area contributed by atoms with Crippen molar-refractivity contribution in [2.45, 2.75) is 26.0 Å². The Kier molecular flexibility index (Phi) is 5.73. The minimum Gasteiger partial charge on any atom is -0.259 e. The van der Waals surface area contributed by atoms with E-state index in [1.54, 1.807) is 0 Å². The molecule has 0 N–H and O–H groups in total. The van der Waals surface area contributed by atoms with Gasteiger partial charge in [-0.3, -0.25) is 4.21 Å². The Hall–Kier alpha value is -1.32. The maximum Gasteiger partial charge on any atom is 0.0485 e. The summed E-state index contributed by atoms with van der Waals surface area (Å²) >= 11 is 0. The van der Waals surface area contributed by atoms with Crippen molar-refractivity contribution in [1.29, 1.82) is 0 Å². The SMILES string of the molecule is Cc1cc(C)cc(CS(=O)CCCN=[N+]=[N-])c1. The van der Waals surface area contributed by atoms with Crippen LogP contribution in [0.4, 0.5) is 0 Å². The molecular weight excluding hydrogens is 234 g/mol. The van der Waals surface area contributed by atoms with Crippen molar-refractivity contribution in [3.63, 3.8) is 0 Å². The van der Waals surface area contributed by atoms with Crippen LogP contribution >= 0.6 is 0 Å². The highest BCUT2D eigenvalue weighted by atomic mass is 32.2. The topological polar surface area (TPSA) is 65.8 Å². The fourth-order valence-corrected chi connectivity index (χ4v) is 2.89. The molecule has 0 aromatic heterocycles. The molecule has 5 heteroatoms. The Morgan fingerprint density at radius 3 is 2.53 bits per heavy atom. The van der Waals surface area contributed by atoms with Gasteiger partial charge >= 0.3 is 0 Å². The van der Waals surface area contributed by atoms with Crippen LogP contribution in [0.1, 0.15) is 23.1 Å². The van der Waals surface area contributed by atoms with E-state index in [2.05, 4.69) is 28.2 Å². The van der Waals surface area contributed by atoms with Crippen LogP contribution in [0, 0.1) is 13.8 Å². The van der Waals surface area contributed by atoms with Gasteiger partial charge in [-0.25, -0.2) is 0 Å². The Morgan fingerprint density at radius 2 is 1.94 bits per heavy atom. The zero-order valence-corrected chi connectivity index (χ0v) is 11.0. The lowest BCUT2D eigenvalue weighted by Gasteiger charge is -2.04. The summed E-state index contributed by atoms with van der Waals surface area (Å²) in [5.74, 6) is 1.17. The standard InChI is InChI=1S/C12H17N3OS/c1-10-6-11(2)8-12(7-10)9-17(16)5-3-4-14-15-13/h6-8H,3-5,9H2,1-2H3. The van der Waals surface area contributed by atoms with Gasteiger partial charge in [0.15, 0.2) is 0 Å². The molecule has 0 amide bonds. The molecule has 0 heterocycles. The molecule has 1 unspecified atom stereocenters. The van der Waals surface area contributed by atoms with Crippen LogP contribution in [-0.4, -0.2) is 16.5 Å². The molecule has 0 aliphatic carbocycles. The van der Waals surface area contributed by atoms with Crippen LogP contribution in [0.25, 0.3) is 10.4 Å². The lowest BCUT2D eigenvalue weighted by Crippen LogP contribution is -2.02. The Bertz CT molecular complexity index is 433. The van der Waals surface area contributed by atoms with Gasteiger partial charge in [-0.2, -0.15) is 0 Å². The van der Waals surface area contributed by atoms with Gasteiger partial charge in [0.05, 0.1) is 0 Å². The third-order valence-corrected chi connectivity index (χ3v) is 3.70. The lowest BCUT2D eigenvalue weighted by molar-refractivity contribution is 0.680. The van der Waals surface area contributed by atoms with Gasteiger partial charge < -0.3 is 0 Å². The zero-order valence-electron chi connectivity index (χ0n) is 10.2. The van der Waals surface area contributed by atoms with Gasteiger partial charge in [0, 0.05) is 33.8 Å². The predicted octanol–water partition coefficient (Wildman–Crippen LogP) is 3.25. The summed E-state index contributed by atoms with van der Waals surface area (Å²) < 4.78 is 11.8. The molecule has 1 aromatic carbocycles. The lowest BCUT2D eigenvalue weighted by atomic mass is 10.1. The number of rotatable bonds is 6. The predicted molar refractivity (Wildman–Crippen MR) is 71.3 cm³/mol. The molecule has 0 bridgehead atoms. The highest BCUT2D eigenvalue weighted by Gasteiger charge is 2.02. The maximum atomic E-state index is 11.8. The number of hydrogen-bond acceptors (Lipinski definition) is 2. The summed E-state index contributed by atoms with van der Waals surface area (Å²) in [4.78, 5) is 2.67. The van der Waals surface area contributed by atoms with E-state index in [4.69, 9.17) is 5.53 Å². The first-order chi connectivity index (χ1) is 8.11. The number of azide groups is 1. The largest absolute Gasteiger partial charge is 0.259 e. The van der Waals surface area contributed by atoms with E-state index in [1.807, 2.05) is 13.8 Å². The molecule has 17 heavy (non-hydrogen) atoms. The molecule has 4 nitrogen and oxygen atoms in total. The highest BCUT2D eigenvalue weighted by molar-refractivity contribution is 7.84. The van der Waals surface area contributed by atoms with E-state index in [9.17, 15) is 4.21 Å². The summed E-state index contributed by atoms with van der Waals surface area (Å²) in [6.45, 7) is 4.51. The van der Waals surface area contributed by atoms with Gasteiger partial charge in [0.2, 0.25) is 0 Å². The molecular formula is C12H17N3OS. The van der Waals surface area contributed by atoms with Crippen molar-refractivity contribution in [3.8, 4) is 0 Å².